The molecule has 10 heteroatoms. The van der Waals surface area contributed by atoms with E-state index in [-0.39, 0.29) is 17.4 Å². The van der Waals surface area contributed by atoms with Crippen molar-refractivity contribution >= 4 is 28.2 Å². The van der Waals surface area contributed by atoms with E-state index >= 15 is 0 Å². The number of anilines is 2. The van der Waals surface area contributed by atoms with Crippen molar-refractivity contribution in [2.24, 2.45) is 0 Å². The van der Waals surface area contributed by atoms with Crippen LogP contribution in [0.15, 0.2) is 54.9 Å². The number of nitrogens with zero attached hydrogens (tertiary/aromatic N) is 5. The summed E-state index contributed by atoms with van der Waals surface area (Å²) in [6, 6.07) is 11.3. The van der Waals surface area contributed by atoms with E-state index < -0.39 is 16.4 Å². The number of ether oxygens (including phenoxy) is 1. The van der Waals surface area contributed by atoms with Crippen LogP contribution in [-0.4, -0.2) is 31.8 Å². The van der Waals surface area contributed by atoms with Crippen LogP contribution in [0.3, 0.4) is 0 Å². The summed E-state index contributed by atoms with van der Waals surface area (Å²) in [4.78, 5) is 18.7. The molecule has 0 saturated heterocycles. The predicted molar refractivity (Wildman–Crippen MR) is 99.5 cm³/mol. The zero-order chi connectivity index (χ0) is 19.7. The van der Waals surface area contributed by atoms with E-state index in [4.69, 9.17) is 4.74 Å². The van der Waals surface area contributed by atoms with Crippen LogP contribution >= 0.6 is 0 Å². The lowest BCUT2D eigenvalue weighted by Gasteiger charge is -2.11. The summed E-state index contributed by atoms with van der Waals surface area (Å²) in [6.07, 6.45) is 3.24. The SMILES string of the molecule is COc1cc(F)c([N+](=O)[O-])cc1Nc1nccc(-n2ncc3ccccc32)n1. The largest absolute Gasteiger partial charge is 0.494 e. The van der Waals surface area contributed by atoms with Crippen LogP contribution in [0.2, 0.25) is 0 Å². The number of fused-ring (bicyclic) bond motifs is 1. The highest BCUT2D eigenvalue weighted by molar-refractivity contribution is 5.79. The molecule has 0 fully saturated rings. The molecular formula is C18H13FN6O3. The molecule has 0 saturated carbocycles. The van der Waals surface area contributed by atoms with Gasteiger partial charge < -0.3 is 10.1 Å². The fourth-order valence-electron chi connectivity index (χ4n) is 2.75. The van der Waals surface area contributed by atoms with Gasteiger partial charge in [-0.15, -0.1) is 0 Å². The summed E-state index contributed by atoms with van der Waals surface area (Å²) >= 11 is 0. The second-order valence-electron chi connectivity index (χ2n) is 5.74. The Morgan fingerprint density at radius 1 is 1.25 bits per heavy atom. The third-order valence-electron chi connectivity index (χ3n) is 4.05. The topological polar surface area (TPSA) is 108 Å². The van der Waals surface area contributed by atoms with E-state index in [9.17, 15) is 14.5 Å². The lowest BCUT2D eigenvalue weighted by molar-refractivity contribution is -0.387. The van der Waals surface area contributed by atoms with Crippen molar-refractivity contribution in [3.8, 4) is 11.6 Å². The number of halogens is 1. The Kier molecular flexibility index (Phi) is 4.28. The van der Waals surface area contributed by atoms with Gasteiger partial charge in [-0.1, -0.05) is 18.2 Å². The Bertz CT molecular complexity index is 1190. The molecule has 2 aromatic heterocycles. The van der Waals surface area contributed by atoms with E-state index in [2.05, 4.69) is 20.4 Å². The van der Waals surface area contributed by atoms with Gasteiger partial charge in [0.1, 0.15) is 5.75 Å². The van der Waals surface area contributed by atoms with E-state index in [1.54, 1.807) is 16.9 Å². The van der Waals surface area contributed by atoms with E-state index in [0.717, 1.165) is 23.0 Å². The van der Waals surface area contributed by atoms with Gasteiger partial charge in [0.15, 0.2) is 5.82 Å². The number of rotatable bonds is 5. The molecule has 2 aromatic carbocycles. The summed E-state index contributed by atoms with van der Waals surface area (Å²) in [5.74, 6) is -0.266. The number of hydrogen-bond donors (Lipinski definition) is 1. The second-order valence-corrected chi connectivity index (χ2v) is 5.74. The lowest BCUT2D eigenvalue weighted by atomic mass is 10.2. The van der Waals surface area contributed by atoms with Crippen molar-refractivity contribution in [1.29, 1.82) is 0 Å². The molecule has 0 unspecified atom stereocenters. The number of nitrogens with one attached hydrogen (secondary N) is 1. The van der Waals surface area contributed by atoms with Crippen LogP contribution in [0.4, 0.5) is 21.7 Å². The highest BCUT2D eigenvalue weighted by Gasteiger charge is 2.19. The third kappa shape index (κ3) is 3.07. The van der Waals surface area contributed by atoms with Crippen molar-refractivity contribution in [2.75, 3.05) is 12.4 Å². The average molecular weight is 380 g/mol. The average Bonchev–Trinajstić information content (AvgIpc) is 3.13. The monoisotopic (exact) mass is 380 g/mol. The first-order valence-electron chi connectivity index (χ1n) is 8.12. The molecule has 4 aromatic rings. The van der Waals surface area contributed by atoms with Gasteiger partial charge in [0.2, 0.25) is 11.8 Å². The standard InChI is InChI=1S/C18H13FN6O3/c1-28-16-8-12(19)15(25(26)27)9-13(16)22-18-20-7-6-17(23-18)24-14-5-3-2-4-11(14)10-21-24/h2-10H,1H3,(H,20,22,23). The van der Waals surface area contributed by atoms with Crippen molar-refractivity contribution < 1.29 is 14.1 Å². The molecule has 0 aliphatic heterocycles. The number of nitro benzene ring substituents is 1. The zero-order valence-electron chi connectivity index (χ0n) is 14.5. The number of aromatic nitrogens is 4. The molecule has 0 amide bonds. The summed E-state index contributed by atoms with van der Waals surface area (Å²) in [7, 11) is 1.33. The van der Waals surface area contributed by atoms with Crippen molar-refractivity contribution in [3.63, 3.8) is 0 Å². The summed E-state index contributed by atoms with van der Waals surface area (Å²) in [6.45, 7) is 0. The van der Waals surface area contributed by atoms with Crippen molar-refractivity contribution in [2.45, 2.75) is 0 Å². The van der Waals surface area contributed by atoms with Crippen LogP contribution < -0.4 is 10.1 Å². The first kappa shape index (κ1) is 17.3. The Labute approximate surface area is 157 Å². The van der Waals surface area contributed by atoms with Crippen molar-refractivity contribution in [1.82, 2.24) is 19.7 Å². The van der Waals surface area contributed by atoms with Gasteiger partial charge in [0.05, 0.1) is 29.4 Å². The summed E-state index contributed by atoms with van der Waals surface area (Å²) in [5, 5.41) is 19.1. The molecule has 140 valence electrons. The van der Waals surface area contributed by atoms with Crippen LogP contribution in [0.5, 0.6) is 5.75 Å². The van der Waals surface area contributed by atoms with E-state index in [1.165, 1.54) is 13.3 Å². The predicted octanol–water partition coefficient (Wildman–Crippen LogP) is 3.62. The molecule has 0 atom stereocenters. The van der Waals surface area contributed by atoms with Crippen LogP contribution in [0.1, 0.15) is 0 Å². The fraction of sp³-hybridized carbons (Fsp3) is 0.0556. The highest BCUT2D eigenvalue weighted by atomic mass is 19.1. The summed E-state index contributed by atoms with van der Waals surface area (Å²) < 4.78 is 20.6. The minimum absolute atomic E-state index is 0.0849. The molecule has 0 aliphatic carbocycles. The fourth-order valence-corrected chi connectivity index (χ4v) is 2.75. The molecule has 28 heavy (non-hydrogen) atoms. The Hall–Kier alpha value is -4.08. The van der Waals surface area contributed by atoms with Gasteiger partial charge in [-0.05, 0) is 6.07 Å². The summed E-state index contributed by atoms with van der Waals surface area (Å²) in [5.41, 5.74) is 0.345. The Balaban J connectivity index is 1.73. The normalized spacial score (nSPS) is 10.8. The minimum atomic E-state index is -0.995. The second kappa shape index (κ2) is 6.91. The van der Waals surface area contributed by atoms with E-state index in [1.807, 2.05) is 24.3 Å². The smallest absolute Gasteiger partial charge is 0.307 e. The molecule has 0 radical (unpaired) electrons. The first-order chi connectivity index (χ1) is 13.6. The molecule has 2 heterocycles. The molecular weight excluding hydrogens is 367 g/mol. The quantitative estimate of drug-likeness (QED) is 0.416. The molecule has 1 N–H and O–H groups in total. The maximum absolute atomic E-state index is 13.8. The van der Waals surface area contributed by atoms with Gasteiger partial charge >= 0.3 is 5.69 Å². The maximum atomic E-state index is 13.8. The maximum Gasteiger partial charge on any atom is 0.307 e. The third-order valence-corrected chi connectivity index (χ3v) is 4.05. The number of nitro groups is 1. The zero-order valence-corrected chi connectivity index (χ0v) is 14.5. The van der Waals surface area contributed by atoms with Gasteiger partial charge in [-0.25, -0.2) is 9.67 Å². The van der Waals surface area contributed by atoms with Gasteiger partial charge in [-0.3, -0.25) is 10.1 Å². The Morgan fingerprint density at radius 2 is 2.07 bits per heavy atom. The number of methoxy groups -OCH3 is 1. The van der Waals surface area contributed by atoms with Gasteiger partial charge in [0.25, 0.3) is 0 Å². The van der Waals surface area contributed by atoms with Crippen LogP contribution in [0, 0.1) is 15.9 Å². The molecule has 9 nitrogen and oxygen atoms in total. The first-order valence-corrected chi connectivity index (χ1v) is 8.12. The Morgan fingerprint density at radius 3 is 2.86 bits per heavy atom. The lowest BCUT2D eigenvalue weighted by Crippen LogP contribution is -2.05. The van der Waals surface area contributed by atoms with Crippen LogP contribution in [-0.2, 0) is 0 Å². The molecule has 0 spiro atoms. The minimum Gasteiger partial charge on any atom is -0.494 e. The highest BCUT2D eigenvalue weighted by Crippen LogP contribution is 2.33. The number of para-hydroxylation sites is 1. The van der Waals surface area contributed by atoms with Crippen LogP contribution in [0.25, 0.3) is 16.7 Å². The van der Waals surface area contributed by atoms with Gasteiger partial charge in [-0.2, -0.15) is 14.5 Å². The van der Waals surface area contributed by atoms with Gasteiger partial charge in [0, 0.05) is 29.8 Å². The van der Waals surface area contributed by atoms with E-state index in [0.29, 0.717) is 5.82 Å². The van der Waals surface area contributed by atoms with Crippen molar-refractivity contribution in [3.05, 3.63) is 70.8 Å². The molecule has 4 rings (SSSR count). The number of hydrogen-bond acceptors (Lipinski definition) is 7. The number of benzene rings is 2. The molecule has 0 aliphatic rings. The molecule has 0 bridgehead atoms.